The summed E-state index contributed by atoms with van der Waals surface area (Å²) in [6.07, 6.45) is 4.55. The number of likely N-dealkylation sites (tertiary alicyclic amines) is 2. The van der Waals surface area contributed by atoms with E-state index in [0.29, 0.717) is 30.1 Å². The lowest BCUT2D eigenvalue weighted by molar-refractivity contribution is -0.0923. The summed E-state index contributed by atoms with van der Waals surface area (Å²) >= 11 is 0. The molecule has 4 heteroatoms. The number of rotatable bonds is 5. The number of piperidine rings is 1. The van der Waals surface area contributed by atoms with Gasteiger partial charge in [-0.1, -0.05) is 0 Å². The van der Waals surface area contributed by atoms with Gasteiger partial charge in [-0.05, 0) is 79.2 Å². The van der Waals surface area contributed by atoms with E-state index in [1.165, 1.54) is 38.9 Å². The maximum atomic E-state index is 6.33. The molecular weight excluding hydrogens is 322 g/mol. The molecule has 26 heavy (non-hydrogen) atoms. The Hall–Kier alpha value is -0.160. The third-order valence-corrected chi connectivity index (χ3v) is 7.20. The Kier molecular flexibility index (Phi) is 7.04. The zero-order valence-electron chi connectivity index (χ0n) is 18.2. The van der Waals surface area contributed by atoms with Gasteiger partial charge in [0.25, 0.3) is 0 Å². The van der Waals surface area contributed by atoms with Crippen molar-refractivity contribution < 1.29 is 4.74 Å². The van der Waals surface area contributed by atoms with Crippen LogP contribution >= 0.6 is 0 Å². The average Bonchev–Trinajstić information content (AvgIpc) is 3.11. The van der Waals surface area contributed by atoms with Crippen LogP contribution in [0.1, 0.15) is 60.8 Å². The summed E-state index contributed by atoms with van der Waals surface area (Å²) in [5.41, 5.74) is 0. The van der Waals surface area contributed by atoms with E-state index < -0.39 is 0 Å². The molecule has 0 radical (unpaired) electrons. The number of hydrogen-bond donors (Lipinski definition) is 0. The van der Waals surface area contributed by atoms with Gasteiger partial charge in [0.2, 0.25) is 0 Å². The molecule has 0 aromatic carbocycles. The Labute approximate surface area is 162 Å². The van der Waals surface area contributed by atoms with Crippen LogP contribution in [0.15, 0.2) is 0 Å². The first-order chi connectivity index (χ1) is 12.4. The minimum absolute atomic E-state index is 0.420. The Morgan fingerprint density at radius 3 is 2.12 bits per heavy atom. The van der Waals surface area contributed by atoms with Gasteiger partial charge in [-0.2, -0.15) is 0 Å². The van der Waals surface area contributed by atoms with Crippen molar-refractivity contribution in [2.75, 3.05) is 39.3 Å². The Morgan fingerprint density at radius 1 is 0.769 bits per heavy atom. The molecule has 3 saturated heterocycles. The standard InChI is InChI=1S/C22H43N3O/c1-16(2)23-10-11-26-22(15-23)20-12-19(13-24(14-20)17(3)4)21-8-7-9-25(21)18(5)6/h16-22H,7-15H2,1-6H3. The van der Waals surface area contributed by atoms with Crippen LogP contribution in [-0.4, -0.2) is 84.3 Å². The van der Waals surface area contributed by atoms with E-state index in [1.54, 1.807) is 0 Å². The molecule has 3 heterocycles. The van der Waals surface area contributed by atoms with Gasteiger partial charge in [0, 0.05) is 50.3 Å². The van der Waals surface area contributed by atoms with Crippen LogP contribution in [-0.2, 0) is 4.74 Å². The molecule has 3 aliphatic heterocycles. The van der Waals surface area contributed by atoms with Crippen molar-refractivity contribution >= 4 is 0 Å². The summed E-state index contributed by atoms with van der Waals surface area (Å²) in [5.74, 6) is 1.49. The van der Waals surface area contributed by atoms with Crippen molar-refractivity contribution in [1.29, 1.82) is 0 Å². The maximum absolute atomic E-state index is 6.33. The third-order valence-electron chi connectivity index (χ3n) is 7.20. The lowest BCUT2D eigenvalue weighted by Gasteiger charge is -2.48. The van der Waals surface area contributed by atoms with Gasteiger partial charge in [-0.3, -0.25) is 9.80 Å². The predicted molar refractivity (Wildman–Crippen MR) is 110 cm³/mol. The molecule has 0 spiro atoms. The van der Waals surface area contributed by atoms with E-state index in [2.05, 4.69) is 56.2 Å². The summed E-state index contributed by atoms with van der Waals surface area (Å²) < 4.78 is 6.33. The SMILES string of the molecule is CC(C)N1CC(C2CN(C(C)C)CCO2)CC(C2CCCN2C(C)C)C1. The largest absolute Gasteiger partial charge is 0.375 e. The van der Waals surface area contributed by atoms with Crippen LogP contribution in [0.3, 0.4) is 0 Å². The molecule has 4 unspecified atom stereocenters. The second-order valence-corrected chi connectivity index (χ2v) is 9.84. The van der Waals surface area contributed by atoms with Gasteiger partial charge in [0.15, 0.2) is 0 Å². The highest BCUT2D eigenvalue weighted by molar-refractivity contribution is 4.95. The first-order valence-electron chi connectivity index (χ1n) is 11.2. The molecule has 3 fully saturated rings. The van der Waals surface area contributed by atoms with Crippen LogP contribution in [0.4, 0.5) is 0 Å². The van der Waals surface area contributed by atoms with E-state index in [-0.39, 0.29) is 0 Å². The second-order valence-electron chi connectivity index (χ2n) is 9.84. The Bertz CT molecular complexity index is 439. The summed E-state index contributed by atoms with van der Waals surface area (Å²) in [4.78, 5) is 8.15. The minimum Gasteiger partial charge on any atom is -0.375 e. The summed E-state index contributed by atoms with van der Waals surface area (Å²) in [5, 5.41) is 0. The monoisotopic (exact) mass is 365 g/mol. The normalized spacial score (nSPS) is 35.9. The smallest absolute Gasteiger partial charge is 0.0743 e. The molecule has 4 nitrogen and oxygen atoms in total. The van der Waals surface area contributed by atoms with Gasteiger partial charge < -0.3 is 9.64 Å². The molecule has 3 aliphatic rings. The molecule has 152 valence electrons. The molecular formula is C22H43N3O. The summed E-state index contributed by atoms with van der Waals surface area (Å²) in [6, 6.07) is 2.73. The first-order valence-corrected chi connectivity index (χ1v) is 11.2. The van der Waals surface area contributed by atoms with Crippen LogP contribution in [0.25, 0.3) is 0 Å². The highest BCUT2D eigenvalue weighted by Crippen LogP contribution is 2.36. The van der Waals surface area contributed by atoms with Gasteiger partial charge in [-0.25, -0.2) is 0 Å². The summed E-state index contributed by atoms with van der Waals surface area (Å²) in [7, 11) is 0. The van der Waals surface area contributed by atoms with E-state index in [9.17, 15) is 0 Å². The van der Waals surface area contributed by atoms with E-state index in [1.807, 2.05) is 0 Å². The third kappa shape index (κ3) is 4.63. The van der Waals surface area contributed by atoms with Crippen LogP contribution in [0, 0.1) is 11.8 Å². The lowest BCUT2D eigenvalue weighted by Crippen LogP contribution is -2.56. The van der Waals surface area contributed by atoms with Crippen molar-refractivity contribution in [3.63, 3.8) is 0 Å². The quantitative estimate of drug-likeness (QED) is 0.744. The van der Waals surface area contributed by atoms with Crippen molar-refractivity contribution in [2.45, 2.75) is 91.1 Å². The van der Waals surface area contributed by atoms with Gasteiger partial charge in [0.05, 0.1) is 12.7 Å². The molecule has 0 aromatic rings. The van der Waals surface area contributed by atoms with Crippen LogP contribution < -0.4 is 0 Å². The van der Waals surface area contributed by atoms with Crippen LogP contribution in [0.5, 0.6) is 0 Å². The Morgan fingerprint density at radius 2 is 1.46 bits per heavy atom. The van der Waals surface area contributed by atoms with E-state index in [0.717, 1.165) is 31.7 Å². The van der Waals surface area contributed by atoms with Crippen LogP contribution in [0.2, 0.25) is 0 Å². The molecule has 0 amide bonds. The van der Waals surface area contributed by atoms with Gasteiger partial charge in [-0.15, -0.1) is 0 Å². The second kappa shape index (κ2) is 8.89. The Balaban J connectivity index is 1.71. The zero-order chi connectivity index (χ0) is 18.8. The van der Waals surface area contributed by atoms with Crippen molar-refractivity contribution in [1.82, 2.24) is 14.7 Å². The molecule has 0 saturated carbocycles. The predicted octanol–water partition coefficient (Wildman–Crippen LogP) is 3.31. The first kappa shape index (κ1) is 20.6. The van der Waals surface area contributed by atoms with Crippen molar-refractivity contribution in [3.05, 3.63) is 0 Å². The van der Waals surface area contributed by atoms with Crippen molar-refractivity contribution in [2.24, 2.45) is 11.8 Å². The molecule has 4 atom stereocenters. The summed E-state index contributed by atoms with van der Waals surface area (Å²) in [6.45, 7) is 21.1. The molecule has 0 N–H and O–H groups in total. The minimum atomic E-state index is 0.420. The molecule has 0 bridgehead atoms. The highest BCUT2D eigenvalue weighted by atomic mass is 16.5. The molecule has 3 rings (SSSR count). The fourth-order valence-electron chi connectivity index (χ4n) is 5.60. The van der Waals surface area contributed by atoms with Crippen molar-refractivity contribution in [3.8, 4) is 0 Å². The fourth-order valence-corrected chi connectivity index (χ4v) is 5.60. The van der Waals surface area contributed by atoms with E-state index in [4.69, 9.17) is 4.74 Å². The number of hydrogen-bond acceptors (Lipinski definition) is 4. The fraction of sp³-hybridized carbons (Fsp3) is 1.00. The number of morpholine rings is 1. The maximum Gasteiger partial charge on any atom is 0.0743 e. The molecule has 0 aromatic heterocycles. The van der Waals surface area contributed by atoms with E-state index >= 15 is 0 Å². The lowest BCUT2D eigenvalue weighted by atomic mass is 9.80. The average molecular weight is 366 g/mol. The number of ether oxygens (including phenoxy) is 1. The zero-order valence-corrected chi connectivity index (χ0v) is 18.2. The van der Waals surface area contributed by atoms with Gasteiger partial charge >= 0.3 is 0 Å². The number of nitrogens with zero attached hydrogens (tertiary/aromatic N) is 3. The van der Waals surface area contributed by atoms with Gasteiger partial charge in [0.1, 0.15) is 0 Å². The topological polar surface area (TPSA) is 19.0 Å². The highest BCUT2D eigenvalue weighted by Gasteiger charge is 2.41. The molecule has 0 aliphatic carbocycles.